The zero-order chi connectivity index (χ0) is 17.1. The Hall–Kier alpha value is -2.11. The quantitative estimate of drug-likeness (QED) is 0.852. The Morgan fingerprint density at radius 1 is 1.42 bits per heavy atom. The van der Waals surface area contributed by atoms with E-state index in [0.717, 1.165) is 0 Å². The maximum absolute atomic E-state index is 13.1. The van der Waals surface area contributed by atoms with Crippen LogP contribution >= 0.6 is 11.6 Å². The standard InChI is InChI=1S/C18H16ClNO4/c1-2-3-13-18-9-8-12(24-18)14(17(22)23)15(18)16(21)20(13)11-6-4-10(19)5-7-11/h2,4-9,12-15H,1,3H2,(H,22,23)/t12-,13+,14+,15-,18-/m1/s1. The number of carbonyl (C=O) groups excluding carboxylic acids is 1. The molecule has 3 heterocycles. The number of hydrogen-bond acceptors (Lipinski definition) is 3. The lowest BCUT2D eigenvalue weighted by Crippen LogP contribution is -2.45. The van der Waals surface area contributed by atoms with Crippen LogP contribution in [0.3, 0.4) is 0 Å². The molecular formula is C18H16ClNO4. The Morgan fingerprint density at radius 2 is 2.12 bits per heavy atom. The molecule has 1 N–H and O–H groups in total. The highest BCUT2D eigenvalue weighted by molar-refractivity contribution is 6.30. The van der Waals surface area contributed by atoms with Gasteiger partial charge in [-0.3, -0.25) is 9.59 Å². The van der Waals surface area contributed by atoms with Gasteiger partial charge in [-0.1, -0.05) is 29.8 Å². The second kappa shape index (κ2) is 5.19. The number of carbonyl (C=O) groups is 2. The lowest BCUT2D eigenvalue weighted by molar-refractivity contribution is -0.146. The summed E-state index contributed by atoms with van der Waals surface area (Å²) < 4.78 is 6.04. The minimum Gasteiger partial charge on any atom is -0.481 e. The Bertz CT molecular complexity index is 759. The van der Waals surface area contributed by atoms with E-state index in [-0.39, 0.29) is 11.9 Å². The summed E-state index contributed by atoms with van der Waals surface area (Å²) in [5.74, 6) is -2.79. The van der Waals surface area contributed by atoms with Crippen molar-refractivity contribution in [1.29, 1.82) is 0 Å². The van der Waals surface area contributed by atoms with Gasteiger partial charge in [0.15, 0.2) is 0 Å². The molecule has 5 nitrogen and oxygen atoms in total. The fraction of sp³-hybridized carbons (Fsp3) is 0.333. The first kappa shape index (κ1) is 15.4. The number of carboxylic acids is 1. The Kier molecular flexibility index (Phi) is 3.34. The van der Waals surface area contributed by atoms with Crippen molar-refractivity contribution in [2.75, 3.05) is 4.90 Å². The van der Waals surface area contributed by atoms with E-state index < -0.39 is 29.5 Å². The van der Waals surface area contributed by atoms with Gasteiger partial charge in [0.05, 0.1) is 18.1 Å². The van der Waals surface area contributed by atoms with E-state index in [1.807, 2.05) is 6.08 Å². The monoisotopic (exact) mass is 345 g/mol. The van der Waals surface area contributed by atoms with Crippen LogP contribution in [0, 0.1) is 11.8 Å². The van der Waals surface area contributed by atoms with Crippen molar-refractivity contribution in [3.63, 3.8) is 0 Å². The SMILES string of the molecule is C=CC[C@@H]1N(c2ccc(Cl)cc2)C(=O)[C@H]2[C@@H](C(=O)O)[C@H]3C=C[C@@]12O3. The number of ether oxygens (including phenoxy) is 1. The van der Waals surface area contributed by atoms with Crippen LogP contribution in [-0.2, 0) is 14.3 Å². The Morgan fingerprint density at radius 3 is 2.75 bits per heavy atom. The molecule has 1 aromatic rings. The lowest BCUT2D eigenvalue weighted by atomic mass is 9.74. The molecule has 0 radical (unpaired) electrons. The van der Waals surface area contributed by atoms with Gasteiger partial charge in [-0.2, -0.15) is 0 Å². The molecule has 1 amide bonds. The predicted octanol–water partition coefficient (Wildman–Crippen LogP) is 2.66. The third-order valence-corrected chi connectivity index (χ3v) is 5.45. The lowest BCUT2D eigenvalue weighted by Gasteiger charge is -2.32. The second-order valence-electron chi connectivity index (χ2n) is 6.36. The molecule has 1 spiro atoms. The third kappa shape index (κ3) is 1.85. The largest absolute Gasteiger partial charge is 0.481 e. The number of carboxylic acid groups (broad SMARTS) is 1. The zero-order valence-corrected chi connectivity index (χ0v) is 13.5. The summed E-state index contributed by atoms with van der Waals surface area (Å²) in [4.78, 5) is 26.5. The fourth-order valence-corrected chi connectivity index (χ4v) is 4.41. The molecule has 0 aromatic heterocycles. The maximum Gasteiger partial charge on any atom is 0.310 e. The van der Waals surface area contributed by atoms with E-state index >= 15 is 0 Å². The number of halogens is 1. The summed E-state index contributed by atoms with van der Waals surface area (Å²) in [5.41, 5.74) is -0.219. The van der Waals surface area contributed by atoms with E-state index in [1.54, 1.807) is 41.3 Å². The summed E-state index contributed by atoms with van der Waals surface area (Å²) in [7, 11) is 0. The summed E-state index contributed by atoms with van der Waals surface area (Å²) in [6, 6.07) is 6.63. The normalized spacial score (nSPS) is 36.2. The minimum atomic E-state index is -1.00. The highest BCUT2D eigenvalue weighted by Gasteiger charge is 2.71. The third-order valence-electron chi connectivity index (χ3n) is 5.20. The Labute approximate surface area is 144 Å². The molecule has 3 aliphatic rings. The van der Waals surface area contributed by atoms with E-state index in [0.29, 0.717) is 17.1 Å². The fourth-order valence-electron chi connectivity index (χ4n) is 4.29. The maximum atomic E-state index is 13.1. The number of hydrogen-bond donors (Lipinski definition) is 1. The van der Waals surface area contributed by atoms with Crippen molar-refractivity contribution in [2.24, 2.45) is 11.8 Å². The van der Waals surface area contributed by atoms with Crippen LogP contribution in [0.5, 0.6) is 0 Å². The van der Waals surface area contributed by atoms with Gasteiger partial charge >= 0.3 is 5.97 Å². The second-order valence-corrected chi connectivity index (χ2v) is 6.80. The molecule has 2 saturated heterocycles. The summed E-state index contributed by atoms with van der Waals surface area (Å²) in [5, 5.41) is 10.2. The summed E-state index contributed by atoms with van der Waals surface area (Å²) >= 11 is 5.94. The highest BCUT2D eigenvalue weighted by Crippen LogP contribution is 2.56. The van der Waals surface area contributed by atoms with Crippen molar-refractivity contribution in [1.82, 2.24) is 0 Å². The smallest absolute Gasteiger partial charge is 0.310 e. The first-order valence-electron chi connectivity index (χ1n) is 7.79. The van der Waals surface area contributed by atoms with Gasteiger partial charge < -0.3 is 14.7 Å². The molecule has 0 aliphatic carbocycles. The Balaban J connectivity index is 1.83. The molecule has 4 rings (SSSR count). The van der Waals surface area contributed by atoms with Gasteiger partial charge in [0.1, 0.15) is 11.5 Å². The number of rotatable bonds is 4. The van der Waals surface area contributed by atoms with Crippen LogP contribution in [-0.4, -0.2) is 34.7 Å². The molecule has 2 bridgehead atoms. The van der Waals surface area contributed by atoms with E-state index in [1.165, 1.54) is 0 Å². The molecule has 24 heavy (non-hydrogen) atoms. The molecule has 0 unspecified atom stereocenters. The van der Waals surface area contributed by atoms with Gasteiger partial charge in [-0.25, -0.2) is 0 Å². The molecule has 124 valence electrons. The predicted molar refractivity (Wildman–Crippen MR) is 88.9 cm³/mol. The highest BCUT2D eigenvalue weighted by atomic mass is 35.5. The van der Waals surface area contributed by atoms with Crippen molar-refractivity contribution >= 4 is 29.2 Å². The molecule has 3 aliphatic heterocycles. The zero-order valence-electron chi connectivity index (χ0n) is 12.8. The molecule has 6 heteroatoms. The first-order valence-corrected chi connectivity index (χ1v) is 8.17. The average Bonchev–Trinajstić information content (AvgIpc) is 3.18. The molecular weight excluding hydrogens is 330 g/mol. The van der Waals surface area contributed by atoms with Gasteiger partial charge in [0.2, 0.25) is 5.91 Å². The molecule has 1 aromatic carbocycles. The average molecular weight is 346 g/mol. The van der Waals surface area contributed by atoms with Crippen LogP contribution in [0.4, 0.5) is 5.69 Å². The van der Waals surface area contributed by atoms with Crippen molar-refractivity contribution in [3.8, 4) is 0 Å². The topological polar surface area (TPSA) is 66.8 Å². The number of benzene rings is 1. The minimum absolute atomic E-state index is 0.219. The number of anilines is 1. The van der Waals surface area contributed by atoms with E-state index in [4.69, 9.17) is 16.3 Å². The molecule has 2 fully saturated rings. The van der Waals surface area contributed by atoms with Gasteiger partial charge in [0, 0.05) is 10.7 Å². The molecule has 0 saturated carbocycles. The van der Waals surface area contributed by atoms with Crippen LogP contribution in [0.25, 0.3) is 0 Å². The number of amides is 1. The number of fused-ring (bicyclic) bond motifs is 1. The van der Waals surface area contributed by atoms with E-state index in [9.17, 15) is 14.7 Å². The van der Waals surface area contributed by atoms with Crippen molar-refractivity contribution in [2.45, 2.75) is 24.2 Å². The first-order chi connectivity index (χ1) is 11.5. The van der Waals surface area contributed by atoms with Crippen LogP contribution < -0.4 is 4.90 Å². The summed E-state index contributed by atoms with van der Waals surface area (Å²) in [6.45, 7) is 3.78. The number of nitrogens with zero attached hydrogens (tertiary/aromatic N) is 1. The molecule has 5 atom stereocenters. The number of aliphatic carboxylic acids is 1. The van der Waals surface area contributed by atoms with Gasteiger partial charge in [-0.15, -0.1) is 6.58 Å². The van der Waals surface area contributed by atoms with Crippen LogP contribution in [0.15, 0.2) is 49.1 Å². The van der Waals surface area contributed by atoms with Gasteiger partial charge in [-0.05, 0) is 30.7 Å². The summed E-state index contributed by atoms with van der Waals surface area (Å²) in [6.07, 6.45) is 5.33. The van der Waals surface area contributed by atoms with Gasteiger partial charge in [0.25, 0.3) is 0 Å². The van der Waals surface area contributed by atoms with E-state index in [2.05, 4.69) is 6.58 Å². The van der Waals surface area contributed by atoms with Crippen LogP contribution in [0.1, 0.15) is 6.42 Å². The van der Waals surface area contributed by atoms with Crippen molar-refractivity contribution in [3.05, 3.63) is 54.1 Å². The van der Waals surface area contributed by atoms with Crippen LogP contribution in [0.2, 0.25) is 5.02 Å². The van der Waals surface area contributed by atoms with Crippen molar-refractivity contribution < 1.29 is 19.4 Å².